The molecule has 0 unspecified atom stereocenters. The second-order valence-corrected chi connectivity index (χ2v) is 9.36. The fraction of sp³-hybridized carbons (Fsp3) is 0.0488. The van der Waals surface area contributed by atoms with Gasteiger partial charge in [-0.2, -0.15) is 0 Å². The minimum Gasteiger partial charge on any atom is -0.305 e. The number of nitrogens with zero attached hydrogens (tertiary/aromatic N) is 3. The molecule has 3 aromatic heterocycles. The van der Waals surface area contributed by atoms with Crippen molar-refractivity contribution < 1.29 is 27.0 Å². The Labute approximate surface area is 287 Å². The van der Waals surface area contributed by atoms with Crippen LogP contribution < -0.4 is 0 Å². The van der Waals surface area contributed by atoms with E-state index in [-0.39, 0.29) is 25.7 Å². The summed E-state index contributed by atoms with van der Waals surface area (Å²) in [5, 5.41) is 0. The van der Waals surface area contributed by atoms with Gasteiger partial charge in [0, 0.05) is 31.0 Å². The van der Waals surface area contributed by atoms with Gasteiger partial charge in [-0.25, -0.2) is 0 Å². The Kier molecular flexibility index (Phi) is 10.5. The first-order valence-electron chi connectivity index (χ1n) is 16.5. The molecule has 4 heteroatoms. The fourth-order valence-electron chi connectivity index (χ4n) is 4.26. The van der Waals surface area contributed by atoms with Crippen molar-refractivity contribution >= 4 is 0 Å². The standard InChI is InChI=1S/C19H16N.2C11H8N.Ir/c1-2-15-13-19(17-11-7-4-8-12-17)20-14-18(15)16-9-5-3-6-10-16;2*1-2-6-10(7-3-1)11-8-4-5-9-12-11;/h3-11,13-14H,2H2,1H3;2*1-6,8-9H;/q3*-1;+3/i1D3,2D2;;;. The van der Waals surface area contributed by atoms with E-state index in [1.807, 2.05) is 127 Å². The van der Waals surface area contributed by atoms with Crippen LogP contribution in [0.25, 0.3) is 44.9 Å². The first kappa shape index (κ1) is 26.4. The molecule has 0 saturated heterocycles. The van der Waals surface area contributed by atoms with Crippen molar-refractivity contribution in [2.75, 3.05) is 0 Å². The third kappa shape index (κ3) is 9.74. The van der Waals surface area contributed by atoms with E-state index in [1.54, 1.807) is 24.5 Å². The summed E-state index contributed by atoms with van der Waals surface area (Å²) in [4.78, 5) is 12.8. The second kappa shape index (κ2) is 17.9. The molecule has 0 atom stereocenters. The molecule has 0 spiro atoms. The average molecular weight is 764 g/mol. The first-order valence-corrected chi connectivity index (χ1v) is 14.0. The van der Waals surface area contributed by atoms with Crippen molar-refractivity contribution in [2.24, 2.45) is 0 Å². The molecule has 220 valence electrons. The van der Waals surface area contributed by atoms with E-state index in [9.17, 15) is 0 Å². The summed E-state index contributed by atoms with van der Waals surface area (Å²) in [5.74, 6) is 0. The monoisotopic (exact) mass is 764 g/mol. The predicted octanol–water partition coefficient (Wildman–Crippen LogP) is 9.87. The number of hydrogen-bond donors (Lipinski definition) is 0. The van der Waals surface area contributed by atoms with Crippen molar-refractivity contribution in [1.29, 1.82) is 0 Å². The van der Waals surface area contributed by atoms with Crippen LogP contribution in [-0.2, 0) is 26.5 Å². The number of pyridine rings is 3. The van der Waals surface area contributed by atoms with Gasteiger partial charge in [-0.1, -0.05) is 67.5 Å². The normalized spacial score (nSPS) is 12.0. The maximum absolute atomic E-state index is 8.23. The molecular formula is C41H32IrN3. The Morgan fingerprint density at radius 1 is 0.556 bits per heavy atom. The molecule has 0 saturated carbocycles. The molecule has 7 rings (SSSR count). The van der Waals surface area contributed by atoms with Crippen LogP contribution in [0.3, 0.4) is 0 Å². The predicted molar refractivity (Wildman–Crippen MR) is 180 cm³/mol. The van der Waals surface area contributed by atoms with E-state index < -0.39 is 13.2 Å². The Morgan fingerprint density at radius 2 is 1.04 bits per heavy atom. The zero-order chi connectivity index (χ0) is 34.5. The van der Waals surface area contributed by atoms with E-state index in [2.05, 4.69) is 33.2 Å². The molecule has 4 aromatic carbocycles. The number of aryl methyl sites for hydroxylation is 1. The van der Waals surface area contributed by atoms with Crippen molar-refractivity contribution in [3.8, 4) is 44.9 Å². The first-order chi connectivity index (χ1) is 23.7. The minimum atomic E-state index is -2.80. The van der Waals surface area contributed by atoms with Crippen LogP contribution in [-0.4, -0.2) is 15.0 Å². The molecule has 3 heterocycles. The molecule has 7 aromatic rings. The minimum absolute atomic E-state index is 0. The molecule has 0 aliphatic heterocycles. The molecule has 0 amide bonds. The third-order valence-electron chi connectivity index (χ3n) is 6.41. The number of aromatic nitrogens is 3. The van der Waals surface area contributed by atoms with Crippen LogP contribution in [0.2, 0.25) is 0 Å². The van der Waals surface area contributed by atoms with E-state index in [4.69, 9.17) is 6.85 Å². The molecular weight excluding hydrogens is 727 g/mol. The Balaban J connectivity index is 0.000000187. The van der Waals surface area contributed by atoms with Crippen molar-refractivity contribution in [3.63, 3.8) is 0 Å². The number of hydrogen-bond acceptors (Lipinski definition) is 3. The summed E-state index contributed by atoms with van der Waals surface area (Å²) in [6.45, 7) is -2.80. The zero-order valence-corrected chi connectivity index (χ0v) is 26.7. The van der Waals surface area contributed by atoms with Crippen molar-refractivity contribution in [3.05, 3.63) is 188 Å². The fourth-order valence-corrected chi connectivity index (χ4v) is 4.26. The summed E-state index contributed by atoms with van der Waals surface area (Å²) in [6.07, 6.45) is 2.60. The molecule has 0 fully saturated rings. The summed E-state index contributed by atoms with van der Waals surface area (Å²) in [6, 6.07) is 54.5. The summed E-state index contributed by atoms with van der Waals surface area (Å²) < 4.78 is 39.4. The van der Waals surface area contributed by atoms with E-state index in [0.717, 1.165) is 28.1 Å². The van der Waals surface area contributed by atoms with Crippen molar-refractivity contribution in [2.45, 2.75) is 13.2 Å². The summed E-state index contributed by atoms with van der Waals surface area (Å²) in [7, 11) is 0. The maximum atomic E-state index is 8.23. The summed E-state index contributed by atoms with van der Waals surface area (Å²) >= 11 is 0. The van der Waals surface area contributed by atoms with Crippen LogP contribution >= 0.6 is 0 Å². The molecule has 0 radical (unpaired) electrons. The van der Waals surface area contributed by atoms with Crippen LogP contribution in [0, 0.1) is 18.2 Å². The third-order valence-corrected chi connectivity index (χ3v) is 6.41. The quantitative estimate of drug-likeness (QED) is 0.164. The summed E-state index contributed by atoms with van der Waals surface area (Å²) in [5.41, 5.74) is 6.49. The van der Waals surface area contributed by atoms with Gasteiger partial charge < -0.3 is 15.0 Å². The van der Waals surface area contributed by atoms with E-state index in [0.29, 0.717) is 16.8 Å². The van der Waals surface area contributed by atoms with Gasteiger partial charge in [-0.3, -0.25) is 0 Å². The largest absolute Gasteiger partial charge is 3.00 e. The van der Waals surface area contributed by atoms with Crippen LogP contribution in [0.4, 0.5) is 0 Å². The van der Waals surface area contributed by atoms with Crippen molar-refractivity contribution in [1.82, 2.24) is 15.0 Å². The molecule has 3 nitrogen and oxygen atoms in total. The maximum Gasteiger partial charge on any atom is 3.00 e. The van der Waals surface area contributed by atoms with Gasteiger partial charge in [0.2, 0.25) is 0 Å². The van der Waals surface area contributed by atoms with Crippen LogP contribution in [0.15, 0.2) is 164 Å². The second-order valence-electron chi connectivity index (χ2n) is 9.36. The Morgan fingerprint density at radius 3 is 1.49 bits per heavy atom. The smallest absolute Gasteiger partial charge is 0.305 e. The van der Waals surface area contributed by atoms with Crippen LogP contribution in [0.1, 0.15) is 19.3 Å². The number of benzene rings is 4. The van der Waals surface area contributed by atoms with Gasteiger partial charge in [0.05, 0.1) is 0 Å². The molecule has 0 N–H and O–H groups in total. The van der Waals surface area contributed by atoms with Gasteiger partial charge in [0.25, 0.3) is 0 Å². The topological polar surface area (TPSA) is 38.7 Å². The Bertz CT molecular complexity index is 1850. The molecule has 45 heavy (non-hydrogen) atoms. The van der Waals surface area contributed by atoms with E-state index in [1.165, 1.54) is 12.3 Å². The SMILES string of the molecule is [2H]C([2H])([2H])C([2H])([2H])c1cc(-c2[c-]cccc2)ncc1-c1ccccc1.[Ir+3].[c-]1ccccc1-c1ccccn1.[c-]1ccccc1-c1ccccn1. The number of rotatable bonds is 5. The van der Waals surface area contributed by atoms with Gasteiger partial charge in [0.1, 0.15) is 0 Å². The average Bonchev–Trinajstić information content (AvgIpc) is 3.17. The van der Waals surface area contributed by atoms with E-state index >= 15 is 0 Å². The van der Waals surface area contributed by atoms with Gasteiger partial charge in [-0.05, 0) is 46.7 Å². The van der Waals surface area contributed by atoms with Gasteiger partial charge in [-0.15, -0.1) is 108 Å². The van der Waals surface area contributed by atoms with Gasteiger partial charge >= 0.3 is 20.1 Å². The van der Waals surface area contributed by atoms with Gasteiger partial charge in [0.15, 0.2) is 0 Å². The Hall–Kier alpha value is -5.02. The zero-order valence-electron chi connectivity index (χ0n) is 29.3. The molecule has 0 aliphatic carbocycles. The van der Waals surface area contributed by atoms with Crippen LogP contribution in [0.5, 0.6) is 0 Å². The molecule has 0 bridgehead atoms. The molecule has 0 aliphatic rings.